The number of nitrogens with zero attached hydrogens (tertiary/aromatic N) is 6. The van der Waals surface area contributed by atoms with Gasteiger partial charge in [-0.15, -0.1) is 5.10 Å². The summed E-state index contributed by atoms with van der Waals surface area (Å²) >= 11 is 0. The number of benzene rings is 2. The number of nitrogens with one attached hydrogen (secondary N) is 1. The molecule has 8 heteroatoms. The van der Waals surface area contributed by atoms with E-state index in [-0.39, 0.29) is 5.91 Å². The Bertz CT molecular complexity index is 1360. The van der Waals surface area contributed by atoms with Crippen molar-refractivity contribution in [2.75, 3.05) is 13.6 Å². The first-order valence-corrected chi connectivity index (χ1v) is 10.3. The number of hydrogen-bond donors (Lipinski definition) is 1. The third-order valence-corrected chi connectivity index (χ3v) is 5.42. The van der Waals surface area contributed by atoms with Gasteiger partial charge in [0.15, 0.2) is 0 Å². The molecule has 0 fully saturated rings. The van der Waals surface area contributed by atoms with Crippen LogP contribution in [0, 0.1) is 0 Å². The summed E-state index contributed by atoms with van der Waals surface area (Å²) in [5.41, 5.74) is 4.99. The molecule has 0 aliphatic rings. The van der Waals surface area contributed by atoms with Gasteiger partial charge in [0, 0.05) is 36.9 Å². The molecule has 8 nitrogen and oxygen atoms in total. The number of hydrogen-bond acceptors (Lipinski definition) is 5. The highest BCUT2D eigenvalue weighted by Crippen LogP contribution is 2.24. The van der Waals surface area contributed by atoms with Crippen LogP contribution in [0.4, 0.5) is 0 Å². The van der Waals surface area contributed by atoms with E-state index < -0.39 is 0 Å². The highest BCUT2D eigenvalue weighted by Gasteiger charge is 2.14. The maximum atomic E-state index is 12.8. The van der Waals surface area contributed by atoms with Crippen LogP contribution >= 0.6 is 0 Å². The van der Waals surface area contributed by atoms with Crippen molar-refractivity contribution in [3.8, 4) is 17.1 Å². The average molecular weight is 423 g/mol. The van der Waals surface area contributed by atoms with Crippen LogP contribution < -0.4 is 0 Å². The predicted molar refractivity (Wildman–Crippen MR) is 121 cm³/mol. The van der Waals surface area contributed by atoms with Crippen LogP contribution in [0.5, 0.6) is 0 Å². The Balaban J connectivity index is 1.29. The molecule has 0 atom stereocenters. The number of fused-ring (bicyclic) bond motifs is 1. The van der Waals surface area contributed by atoms with Crippen molar-refractivity contribution < 1.29 is 4.79 Å². The van der Waals surface area contributed by atoms with Gasteiger partial charge in [-0.05, 0) is 54.4 Å². The number of aromatic nitrogens is 6. The van der Waals surface area contributed by atoms with E-state index in [1.54, 1.807) is 22.0 Å². The van der Waals surface area contributed by atoms with Gasteiger partial charge in [-0.1, -0.05) is 23.4 Å². The number of H-pyrrole nitrogens is 1. The van der Waals surface area contributed by atoms with E-state index in [1.807, 2.05) is 73.9 Å². The number of carbonyl (C=O) groups is 1. The fourth-order valence-corrected chi connectivity index (χ4v) is 3.58. The summed E-state index contributed by atoms with van der Waals surface area (Å²) in [4.78, 5) is 18.5. The molecule has 0 aliphatic carbocycles. The van der Waals surface area contributed by atoms with Crippen LogP contribution in [0.2, 0.25) is 0 Å². The smallest absolute Gasteiger partial charge is 0.253 e. The van der Waals surface area contributed by atoms with Crippen molar-refractivity contribution in [3.63, 3.8) is 0 Å². The standard InChI is InChI=1S/C24H21N7O/c1-30(15-12-17-10-13-25-14-11-17)24(32)18-6-8-19(9-7-18)31-16-22(27-29-31)23-20-4-2-3-5-21(20)26-28-23/h2-11,13-14,16H,12,15H2,1H3,(H,26,28). The first-order chi connectivity index (χ1) is 15.7. The maximum absolute atomic E-state index is 12.8. The Morgan fingerprint density at radius 2 is 1.81 bits per heavy atom. The fourth-order valence-electron chi connectivity index (χ4n) is 3.58. The third-order valence-electron chi connectivity index (χ3n) is 5.42. The molecule has 3 aromatic heterocycles. The number of pyridine rings is 1. The Labute approximate surface area is 184 Å². The van der Waals surface area contributed by atoms with Gasteiger partial charge in [-0.2, -0.15) is 5.10 Å². The highest BCUT2D eigenvalue weighted by molar-refractivity contribution is 5.94. The van der Waals surface area contributed by atoms with Crippen LogP contribution in [0.1, 0.15) is 15.9 Å². The predicted octanol–water partition coefficient (Wildman–Crippen LogP) is 3.52. The molecule has 0 bridgehead atoms. The van der Waals surface area contributed by atoms with E-state index in [0.717, 1.165) is 34.3 Å². The van der Waals surface area contributed by atoms with E-state index >= 15 is 0 Å². The summed E-state index contributed by atoms with van der Waals surface area (Å²) < 4.78 is 1.68. The van der Waals surface area contributed by atoms with Gasteiger partial charge >= 0.3 is 0 Å². The first kappa shape index (κ1) is 19.6. The summed E-state index contributed by atoms with van der Waals surface area (Å²) in [6.45, 7) is 0.634. The zero-order valence-corrected chi connectivity index (χ0v) is 17.5. The summed E-state index contributed by atoms with van der Waals surface area (Å²) in [5, 5.41) is 16.9. The Morgan fingerprint density at radius 1 is 1.03 bits per heavy atom. The Hall–Kier alpha value is -4.33. The molecule has 32 heavy (non-hydrogen) atoms. The lowest BCUT2D eigenvalue weighted by atomic mass is 10.1. The number of aromatic amines is 1. The van der Waals surface area contributed by atoms with Gasteiger partial charge in [-0.25, -0.2) is 4.68 Å². The number of likely N-dealkylation sites (N-methyl/N-ethyl adjacent to an activating group) is 1. The van der Waals surface area contributed by atoms with Crippen molar-refractivity contribution in [2.24, 2.45) is 0 Å². The lowest BCUT2D eigenvalue weighted by Crippen LogP contribution is -2.28. The quantitative estimate of drug-likeness (QED) is 0.451. The molecule has 0 saturated carbocycles. The molecular formula is C24H21N7O. The zero-order valence-electron chi connectivity index (χ0n) is 17.5. The largest absolute Gasteiger partial charge is 0.341 e. The molecule has 0 saturated heterocycles. The van der Waals surface area contributed by atoms with Crippen LogP contribution in [0.15, 0.2) is 79.3 Å². The molecule has 1 amide bonds. The van der Waals surface area contributed by atoms with Gasteiger partial charge in [0.05, 0.1) is 17.4 Å². The Kier molecular flexibility index (Phi) is 5.17. The summed E-state index contributed by atoms with van der Waals surface area (Å²) in [6, 6.07) is 19.2. The van der Waals surface area contributed by atoms with Crippen LogP contribution in [-0.4, -0.2) is 54.6 Å². The van der Waals surface area contributed by atoms with Gasteiger partial charge in [0.25, 0.3) is 5.91 Å². The van der Waals surface area contributed by atoms with Crippen molar-refractivity contribution >= 4 is 16.8 Å². The number of rotatable bonds is 6. The molecule has 2 aromatic carbocycles. The highest BCUT2D eigenvalue weighted by atomic mass is 16.2. The van der Waals surface area contributed by atoms with Crippen LogP contribution in [-0.2, 0) is 6.42 Å². The van der Waals surface area contributed by atoms with E-state index in [4.69, 9.17) is 0 Å². The topological polar surface area (TPSA) is 92.6 Å². The molecule has 5 rings (SSSR count). The molecule has 0 radical (unpaired) electrons. The molecule has 0 unspecified atom stereocenters. The summed E-state index contributed by atoms with van der Waals surface area (Å²) in [5.74, 6) is -0.0205. The maximum Gasteiger partial charge on any atom is 0.253 e. The molecule has 1 N–H and O–H groups in total. The zero-order chi connectivity index (χ0) is 21.9. The third kappa shape index (κ3) is 3.85. The second-order valence-corrected chi connectivity index (χ2v) is 7.55. The van der Waals surface area contributed by atoms with Gasteiger partial charge in [0.1, 0.15) is 11.4 Å². The summed E-state index contributed by atoms with van der Waals surface area (Å²) in [7, 11) is 1.81. The lowest BCUT2D eigenvalue weighted by Gasteiger charge is -2.17. The van der Waals surface area contributed by atoms with Gasteiger partial charge in [-0.3, -0.25) is 14.9 Å². The van der Waals surface area contributed by atoms with E-state index in [0.29, 0.717) is 17.8 Å². The molecule has 3 heterocycles. The monoisotopic (exact) mass is 423 g/mol. The molecule has 5 aromatic rings. The average Bonchev–Trinajstić information content (AvgIpc) is 3.50. The van der Waals surface area contributed by atoms with Crippen molar-refractivity contribution in [3.05, 3.63) is 90.4 Å². The minimum Gasteiger partial charge on any atom is -0.341 e. The second-order valence-electron chi connectivity index (χ2n) is 7.55. The minimum atomic E-state index is -0.0205. The lowest BCUT2D eigenvalue weighted by molar-refractivity contribution is 0.0796. The summed E-state index contributed by atoms with van der Waals surface area (Å²) in [6.07, 6.45) is 6.15. The minimum absolute atomic E-state index is 0.0205. The number of para-hydroxylation sites is 1. The van der Waals surface area contributed by atoms with Crippen molar-refractivity contribution in [1.82, 2.24) is 35.1 Å². The SMILES string of the molecule is CN(CCc1ccncc1)C(=O)c1ccc(-n2cc(-c3n[nH]c4ccccc34)nn2)cc1. The van der Waals surface area contributed by atoms with Crippen molar-refractivity contribution in [2.45, 2.75) is 6.42 Å². The molecular weight excluding hydrogens is 402 g/mol. The molecule has 158 valence electrons. The van der Waals surface area contributed by atoms with Crippen molar-refractivity contribution in [1.29, 1.82) is 0 Å². The van der Waals surface area contributed by atoms with E-state index in [9.17, 15) is 4.79 Å². The second kappa shape index (κ2) is 8.43. The van der Waals surface area contributed by atoms with E-state index in [2.05, 4.69) is 25.5 Å². The molecule has 0 spiro atoms. The van der Waals surface area contributed by atoms with Crippen LogP contribution in [0.25, 0.3) is 28.0 Å². The van der Waals surface area contributed by atoms with Gasteiger partial charge < -0.3 is 4.90 Å². The Morgan fingerprint density at radius 3 is 2.62 bits per heavy atom. The number of amides is 1. The number of carbonyl (C=O) groups excluding carboxylic acids is 1. The first-order valence-electron chi connectivity index (χ1n) is 10.3. The normalized spacial score (nSPS) is 11.0. The van der Waals surface area contributed by atoms with Gasteiger partial charge in [0.2, 0.25) is 0 Å². The van der Waals surface area contributed by atoms with E-state index in [1.165, 1.54) is 0 Å². The van der Waals surface area contributed by atoms with Crippen LogP contribution in [0.3, 0.4) is 0 Å². The molecule has 0 aliphatic heterocycles. The fraction of sp³-hybridized carbons (Fsp3) is 0.125.